The molecule has 0 saturated carbocycles. The Labute approximate surface area is 123 Å². The van der Waals surface area contributed by atoms with Gasteiger partial charge in [0.05, 0.1) is 11.5 Å². The van der Waals surface area contributed by atoms with Crippen LogP contribution < -0.4 is 0 Å². The quantitative estimate of drug-likeness (QED) is 0.886. The number of aliphatic hydroxyl groups is 1. The zero-order valence-electron chi connectivity index (χ0n) is 11.6. The van der Waals surface area contributed by atoms with Crippen molar-refractivity contribution in [2.45, 2.75) is 13.3 Å². The van der Waals surface area contributed by atoms with Gasteiger partial charge in [-0.1, -0.05) is 37.3 Å². The highest BCUT2D eigenvalue weighted by molar-refractivity contribution is 7.12. The van der Waals surface area contributed by atoms with Crippen molar-refractivity contribution in [3.8, 4) is 11.1 Å². The number of carbonyl (C=O) groups is 1. The fraction of sp³-hybridized carbons (Fsp3) is 0.312. The molecule has 0 spiro atoms. The first-order valence-corrected chi connectivity index (χ1v) is 7.69. The van der Waals surface area contributed by atoms with Gasteiger partial charge in [-0.05, 0) is 23.4 Å². The van der Waals surface area contributed by atoms with E-state index in [0.717, 1.165) is 22.4 Å². The van der Waals surface area contributed by atoms with Crippen LogP contribution in [0.2, 0.25) is 0 Å². The van der Waals surface area contributed by atoms with Crippen LogP contribution in [0.25, 0.3) is 11.1 Å². The minimum absolute atomic E-state index is 0.00220. The number of amides is 1. The van der Waals surface area contributed by atoms with Crippen molar-refractivity contribution in [3.05, 3.63) is 46.7 Å². The number of carbonyl (C=O) groups excluding carboxylic acids is 1. The molecule has 0 radical (unpaired) electrons. The molecule has 2 aromatic rings. The fourth-order valence-corrected chi connectivity index (χ4v) is 3.05. The lowest BCUT2D eigenvalue weighted by Crippen LogP contribution is -2.34. The van der Waals surface area contributed by atoms with Gasteiger partial charge < -0.3 is 10.0 Å². The molecule has 0 unspecified atom stereocenters. The summed E-state index contributed by atoms with van der Waals surface area (Å²) in [5.41, 5.74) is 2.03. The molecular formula is C16H19NO2S. The minimum atomic E-state index is -0.00220. The van der Waals surface area contributed by atoms with E-state index < -0.39 is 0 Å². The van der Waals surface area contributed by atoms with Gasteiger partial charge in [0.1, 0.15) is 0 Å². The van der Waals surface area contributed by atoms with Crippen molar-refractivity contribution in [2.24, 2.45) is 0 Å². The lowest BCUT2D eigenvalue weighted by atomic mass is 10.1. The molecule has 3 nitrogen and oxygen atoms in total. The van der Waals surface area contributed by atoms with E-state index in [2.05, 4.69) is 0 Å². The van der Waals surface area contributed by atoms with Crippen LogP contribution in [0.5, 0.6) is 0 Å². The van der Waals surface area contributed by atoms with E-state index in [0.29, 0.717) is 13.1 Å². The van der Waals surface area contributed by atoms with Gasteiger partial charge in [-0.25, -0.2) is 0 Å². The van der Waals surface area contributed by atoms with Crippen LogP contribution in [-0.2, 0) is 0 Å². The van der Waals surface area contributed by atoms with Crippen LogP contribution >= 0.6 is 11.3 Å². The van der Waals surface area contributed by atoms with E-state index in [9.17, 15) is 4.79 Å². The predicted octanol–water partition coefficient (Wildman–Crippen LogP) is 3.26. The Balaban J connectivity index is 2.29. The number of benzene rings is 1. The van der Waals surface area contributed by atoms with Crippen molar-refractivity contribution < 1.29 is 9.90 Å². The first-order valence-electron chi connectivity index (χ1n) is 6.81. The Kier molecular flexibility index (Phi) is 5.32. The van der Waals surface area contributed by atoms with E-state index in [1.165, 1.54) is 11.3 Å². The van der Waals surface area contributed by atoms with E-state index in [-0.39, 0.29) is 12.5 Å². The van der Waals surface area contributed by atoms with Gasteiger partial charge in [0.25, 0.3) is 5.91 Å². The minimum Gasteiger partial charge on any atom is -0.395 e. The second-order valence-electron chi connectivity index (χ2n) is 4.55. The van der Waals surface area contributed by atoms with Gasteiger partial charge in [-0.2, -0.15) is 0 Å². The maximum Gasteiger partial charge on any atom is 0.264 e. The summed E-state index contributed by atoms with van der Waals surface area (Å²) in [6, 6.07) is 11.9. The topological polar surface area (TPSA) is 40.5 Å². The molecule has 0 bridgehead atoms. The number of hydrogen-bond acceptors (Lipinski definition) is 3. The fourth-order valence-electron chi connectivity index (χ4n) is 2.17. The predicted molar refractivity (Wildman–Crippen MR) is 83.0 cm³/mol. The van der Waals surface area contributed by atoms with Crippen LogP contribution in [0.3, 0.4) is 0 Å². The molecular weight excluding hydrogens is 270 g/mol. The van der Waals surface area contributed by atoms with Crippen molar-refractivity contribution in [3.63, 3.8) is 0 Å². The number of rotatable bonds is 6. The highest BCUT2D eigenvalue weighted by atomic mass is 32.1. The van der Waals surface area contributed by atoms with Gasteiger partial charge >= 0.3 is 0 Å². The molecule has 1 heterocycles. The molecule has 1 N–H and O–H groups in total. The van der Waals surface area contributed by atoms with E-state index in [1.807, 2.05) is 48.7 Å². The summed E-state index contributed by atoms with van der Waals surface area (Å²) in [6.07, 6.45) is 0.887. The number of thiophene rings is 1. The van der Waals surface area contributed by atoms with E-state index in [1.54, 1.807) is 4.90 Å². The van der Waals surface area contributed by atoms with Crippen LogP contribution in [0, 0.1) is 0 Å². The molecule has 0 aliphatic rings. The third kappa shape index (κ3) is 3.26. The van der Waals surface area contributed by atoms with Crippen LogP contribution in [0.15, 0.2) is 41.8 Å². The van der Waals surface area contributed by atoms with Crippen LogP contribution in [0.1, 0.15) is 23.0 Å². The first-order chi connectivity index (χ1) is 9.77. The molecule has 4 heteroatoms. The lowest BCUT2D eigenvalue weighted by Gasteiger charge is -2.21. The molecule has 0 atom stereocenters. The molecule has 0 aliphatic heterocycles. The second-order valence-corrected chi connectivity index (χ2v) is 5.46. The highest BCUT2D eigenvalue weighted by Gasteiger charge is 2.19. The van der Waals surface area contributed by atoms with Gasteiger partial charge in [0.2, 0.25) is 0 Å². The average Bonchev–Trinajstić information content (AvgIpc) is 2.96. The third-order valence-electron chi connectivity index (χ3n) is 3.09. The molecule has 1 amide bonds. The monoisotopic (exact) mass is 289 g/mol. The van der Waals surface area contributed by atoms with Crippen molar-refractivity contribution in [2.75, 3.05) is 19.7 Å². The van der Waals surface area contributed by atoms with E-state index >= 15 is 0 Å². The Morgan fingerprint density at radius 3 is 2.60 bits per heavy atom. The lowest BCUT2D eigenvalue weighted by molar-refractivity contribution is 0.0727. The third-order valence-corrected chi connectivity index (χ3v) is 4.00. The summed E-state index contributed by atoms with van der Waals surface area (Å²) >= 11 is 1.46. The van der Waals surface area contributed by atoms with Gasteiger partial charge in [0, 0.05) is 18.7 Å². The Morgan fingerprint density at radius 2 is 1.95 bits per heavy atom. The number of hydrogen-bond donors (Lipinski definition) is 1. The molecule has 0 aliphatic carbocycles. The van der Waals surface area contributed by atoms with Crippen molar-refractivity contribution in [1.29, 1.82) is 0 Å². The number of aliphatic hydroxyl groups excluding tert-OH is 1. The standard InChI is InChI=1S/C16H19NO2S/c1-2-9-17(10-11-18)16(19)15-14(8-12-20-15)13-6-4-3-5-7-13/h3-8,12,18H,2,9-11H2,1H3. The molecule has 0 saturated heterocycles. The van der Waals surface area contributed by atoms with Gasteiger partial charge in [-0.15, -0.1) is 11.3 Å². The zero-order chi connectivity index (χ0) is 14.4. The molecule has 1 aromatic heterocycles. The SMILES string of the molecule is CCCN(CCO)C(=O)c1sccc1-c1ccccc1. The normalized spacial score (nSPS) is 10.5. The zero-order valence-corrected chi connectivity index (χ0v) is 12.4. The summed E-state index contributed by atoms with van der Waals surface area (Å²) in [5.74, 6) is 0.00903. The second kappa shape index (κ2) is 7.22. The van der Waals surface area contributed by atoms with E-state index in [4.69, 9.17) is 5.11 Å². The average molecular weight is 289 g/mol. The molecule has 1 aromatic carbocycles. The smallest absolute Gasteiger partial charge is 0.264 e. The highest BCUT2D eigenvalue weighted by Crippen LogP contribution is 2.29. The summed E-state index contributed by atoms with van der Waals surface area (Å²) in [7, 11) is 0. The molecule has 2 rings (SSSR count). The largest absolute Gasteiger partial charge is 0.395 e. The maximum atomic E-state index is 12.6. The molecule has 20 heavy (non-hydrogen) atoms. The first kappa shape index (κ1) is 14.8. The summed E-state index contributed by atoms with van der Waals surface area (Å²) in [6.45, 7) is 3.09. The summed E-state index contributed by atoms with van der Waals surface area (Å²) in [5, 5.41) is 11.0. The Morgan fingerprint density at radius 1 is 1.20 bits per heavy atom. The van der Waals surface area contributed by atoms with Crippen molar-refractivity contribution in [1.82, 2.24) is 4.90 Å². The van der Waals surface area contributed by atoms with Crippen LogP contribution in [0.4, 0.5) is 0 Å². The molecule has 106 valence electrons. The summed E-state index contributed by atoms with van der Waals surface area (Å²) in [4.78, 5) is 15.1. The van der Waals surface area contributed by atoms with Gasteiger partial charge in [0.15, 0.2) is 0 Å². The molecule has 0 fully saturated rings. The van der Waals surface area contributed by atoms with Gasteiger partial charge in [-0.3, -0.25) is 4.79 Å². The van der Waals surface area contributed by atoms with Crippen molar-refractivity contribution >= 4 is 17.2 Å². The van der Waals surface area contributed by atoms with Crippen LogP contribution in [-0.4, -0.2) is 35.6 Å². The number of nitrogens with zero attached hydrogens (tertiary/aromatic N) is 1. The maximum absolute atomic E-state index is 12.6. The Bertz CT molecular complexity index is 545. The Hall–Kier alpha value is -1.65. The summed E-state index contributed by atoms with van der Waals surface area (Å²) < 4.78 is 0.